The number of hydrogen-bond acceptors (Lipinski definition) is 6. The number of aryl methyl sites for hydroxylation is 1. The van der Waals surface area contributed by atoms with E-state index in [1.165, 1.54) is 18.2 Å². The Morgan fingerprint density at radius 2 is 1.85 bits per heavy atom. The van der Waals surface area contributed by atoms with Gasteiger partial charge in [0.25, 0.3) is 11.8 Å². The number of aromatic hydroxyl groups is 1. The standard InChI is InChI=1S/C23H19ClN6O3/c1-12-20-16(23(33)28-27-22(32)15-10-14(24)7-8-18(15)31)11-17(13-5-6-13)26-21(20)30(29-12)19-4-2-3-9-25-19/h2-4,7-11,13,31H,5-6H2,1H3,(H,27,32)(H,28,33). The zero-order chi connectivity index (χ0) is 23.1. The highest BCUT2D eigenvalue weighted by atomic mass is 35.5. The van der Waals surface area contributed by atoms with Gasteiger partial charge in [0.2, 0.25) is 0 Å². The summed E-state index contributed by atoms with van der Waals surface area (Å²) in [5.74, 6) is -0.598. The van der Waals surface area contributed by atoms with Crippen molar-refractivity contribution < 1.29 is 14.7 Å². The van der Waals surface area contributed by atoms with Gasteiger partial charge in [0, 0.05) is 22.8 Å². The summed E-state index contributed by atoms with van der Waals surface area (Å²) in [6.45, 7) is 1.79. The second kappa shape index (κ2) is 8.18. The van der Waals surface area contributed by atoms with E-state index in [9.17, 15) is 14.7 Å². The Morgan fingerprint density at radius 3 is 2.55 bits per heavy atom. The number of phenolic OH excluding ortho intramolecular Hbond substituents is 1. The molecule has 33 heavy (non-hydrogen) atoms. The molecule has 166 valence electrons. The van der Waals surface area contributed by atoms with Gasteiger partial charge in [0.15, 0.2) is 11.5 Å². The minimum Gasteiger partial charge on any atom is -0.507 e. The SMILES string of the molecule is Cc1nn(-c2ccccn2)c2nc(C3CC3)cc(C(=O)NNC(=O)c3cc(Cl)ccc3O)c12. The van der Waals surface area contributed by atoms with Gasteiger partial charge in [-0.3, -0.25) is 20.4 Å². The number of nitrogens with one attached hydrogen (secondary N) is 2. The number of benzene rings is 1. The normalized spacial score (nSPS) is 13.2. The summed E-state index contributed by atoms with van der Waals surface area (Å²) in [5, 5.41) is 15.3. The molecule has 1 aromatic carbocycles. The summed E-state index contributed by atoms with van der Waals surface area (Å²) in [4.78, 5) is 34.8. The van der Waals surface area contributed by atoms with Crippen molar-refractivity contribution in [2.45, 2.75) is 25.7 Å². The lowest BCUT2D eigenvalue weighted by Gasteiger charge is -2.11. The van der Waals surface area contributed by atoms with Gasteiger partial charge in [-0.1, -0.05) is 17.7 Å². The lowest BCUT2D eigenvalue weighted by atomic mass is 10.1. The van der Waals surface area contributed by atoms with E-state index in [1.54, 1.807) is 23.9 Å². The number of fused-ring (bicyclic) bond motifs is 1. The Hall–Kier alpha value is -3.98. The van der Waals surface area contributed by atoms with Crippen molar-refractivity contribution in [1.82, 2.24) is 30.6 Å². The van der Waals surface area contributed by atoms with Crippen LogP contribution >= 0.6 is 11.6 Å². The first kappa shape index (κ1) is 20.9. The van der Waals surface area contributed by atoms with Crippen LogP contribution in [-0.2, 0) is 0 Å². The Morgan fingerprint density at radius 1 is 1.09 bits per heavy atom. The molecule has 10 heteroatoms. The quantitative estimate of drug-likeness (QED) is 0.399. The van der Waals surface area contributed by atoms with Crippen LogP contribution in [0.1, 0.15) is 50.9 Å². The van der Waals surface area contributed by atoms with Crippen molar-refractivity contribution in [1.29, 1.82) is 0 Å². The van der Waals surface area contributed by atoms with Gasteiger partial charge in [-0.15, -0.1) is 0 Å². The Bertz CT molecular complexity index is 1400. The molecule has 4 aromatic rings. The van der Waals surface area contributed by atoms with Crippen LogP contribution in [0.15, 0.2) is 48.7 Å². The molecule has 1 aliphatic carbocycles. The van der Waals surface area contributed by atoms with Crippen molar-refractivity contribution >= 4 is 34.4 Å². The predicted octanol–water partition coefficient (Wildman–Crippen LogP) is 3.44. The number of hydrazine groups is 1. The van der Waals surface area contributed by atoms with Crippen LogP contribution in [0.2, 0.25) is 5.02 Å². The zero-order valence-corrected chi connectivity index (χ0v) is 18.3. The number of carbonyl (C=O) groups excluding carboxylic acids is 2. The fourth-order valence-electron chi connectivity index (χ4n) is 3.65. The van der Waals surface area contributed by atoms with E-state index in [0.717, 1.165) is 18.5 Å². The van der Waals surface area contributed by atoms with Crippen molar-refractivity contribution in [3.63, 3.8) is 0 Å². The van der Waals surface area contributed by atoms with E-state index < -0.39 is 11.8 Å². The van der Waals surface area contributed by atoms with E-state index in [1.807, 2.05) is 18.2 Å². The smallest absolute Gasteiger partial charge is 0.273 e. The summed E-state index contributed by atoms with van der Waals surface area (Å²) < 4.78 is 1.62. The van der Waals surface area contributed by atoms with Gasteiger partial charge in [0.1, 0.15) is 5.75 Å². The molecule has 1 fully saturated rings. The highest BCUT2D eigenvalue weighted by molar-refractivity contribution is 6.31. The number of rotatable bonds is 4. The predicted molar refractivity (Wildman–Crippen MR) is 121 cm³/mol. The fraction of sp³-hybridized carbons (Fsp3) is 0.174. The highest BCUT2D eigenvalue weighted by Crippen LogP contribution is 2.40. The number of phenols is 1. The van der Waals surface area contributed by atoms with E-state index in [0.29, 0.717) is 28.1 Å². The topological polar surface area (TPSA) is 122 Å². The van der Waals surface area contributed by atoms with Gasteiger partial charge in [-0.05, 0) is 56.2 Å². The van der Waals surface area contributed by atoms with Crippen molar-refractivity contribution in [3.05, 3.63) is 76.2 Å². The molecule has 0 bridgehead atoms. The summed E-state index contributed by atoms with van der Waals surface area (Å²) in [7, 11) is 0. The number of halogens is 1. The molecular formula is C23H19ClN6O3. The first-order valence-electron chi connectivity index (χ1n) is 10.3. The molecular weight excluding hydrogens is 444 g/mol. The summed E-state index contributed by atoms with van der Waals surface area (Å²) in [5.41, 5.74) is 6.98. The van der Waals surface area contributed by atoms with Crippen LogP contribution in [0.5, 0.6) is 5.75 Å². The van der Waals surface area contributed by atoms with Crippen LogP contribution in [0.4, 0.5) is 0 Å². The summed E-state index contributed by atoms with van der Waals surface area (Å²) in [6, 6.07) is 11.3. The molecule has 2 amide bonds. The lowest BCUT2D eigenvalue weighted by molar-refractivity contribution is 0.0846. The third kappa shape index (κ3) is 3.98. The Labute approximate surface area is 193 Å². The fourth-order valence-corrected chi connectivity index (χ4v) is 3.82. The van der Waals surface area contributed by atoms with E-state index >= 15 is 0 Å². The van der Waals surface area contributed by atoms with Crippen molar-refractivity contribution in [2.24, 2.45) is 0 Å². The van der Waals surface area contributed by atoms with Gasteiger partial charge < -0.3 is 5.11 Å². The molecule has 1 saturated carbocycles. The maximum Gasteiger partial charge on any atom is 0.273 e. The van der Waals surface area contributed by atoms with E-state index in [-0.39, 0.29) is 22.3 Å². The molecule has 5 rings (SSSR count). The van der Waals surface area contributed by atoms with E-state index in [4.69, 9.17) is 16.6 Å². The molecule has 3 N–H and O–H groups in total. The molecule has 0 radical (unpaired) electrons. The summed E-state index contributed by atoms with van der Waals surface area (Å²) >= 11 is 5.91. The van der Waals surface area contributed by atoms with Crippen molar-refractivity contribution in [2.75, 3.05) is 0 Å². The van der Waals surface area contributed by atoms with E-state index in [2.05, 4.69) is 20.9 Å². The minimum absolute atomic E-state index is 0.0551. The van der Waals surface area contributed by atoms with Crippen LogP contribution in [-0.4, -0.2) is 36.7 Å². The molecule has 0 aliphatic heterocycles. The lowest BCUT2D eigenvalue weighted by Crippen LogP contribution is -2.41. The number of pyridine rings is 2. The largest absolute Gasteiger partial charge is 0.507 e. The minimum atomic E-state index is -0.697. The molecule has 0 atom stereocenters. The maximum absolute atomic E-state index is 13.1. The second-order valence-corrected chi connectivity index (χ2v) is 8.26. The number of amides is 2. The first-order valence-corrected chi connectivity index (χ1v) is 10.7. The van der Waals surface area contributed by atoms with Crippen LogP contribution in [0.25, 0.3) is 16.9 Å². The average molecular weight is 463 g/mol. The third-order valence-corrected chi connectivity index (χ3v) is 5.67. The second-order valence-electron chi connectivity index (χ2n) is 7.82. The highest BCUT2D eigenvalue weighted by Gasteiger charge is 2.29. The molecule has 3 heterocycles. The van der Waals surface area contributed by atoms with Crippen LogP contribution in [0.3, 0.4) is 0 Å². The Kier molecular flexibility index (Phi) is 5.18. The van der Waals surface area contributed by atoms with Gasteiger partial charge in [-0.2, -0.15) is 9.78 Å². The number of hydrogen-bond donors (Lipinski definition) is 3. The van der Waals surface area contributed by atoms with Gasteiger partial charge in [0.05, 0.1) is 22.2 Å². The number of nitrogens with zero attached hydrogens (tertiary/aromatic N) is 4. The maximum atomic E-state index is 13.1. The number of aromatic nitrogens is 4. The zero-order valence-electron chi connectivity index (χ0n) is 17.5. The van der Waals surface area contributed by atoms with Gasteiger partial charge >= 0.3 is 0 Å². The number of carbonyl (C=O) groups is 2. The Balaban J connectivity index is 1.50. The van der Waals surface area contributed by atoms with Crippen LogP contribution in [0, 0.1) is 6.92 Å². The molecule has 9 nitrogen and oxygen atoms in total. The third-order valence-electron chi connectivity index (χ3n) is 5.43. The molecule has 0 spiro atoms. The van der Waals surface area contributed by atoms with Gasteiger partial charge in [-0.25, -0.2) is 9.97 Å². The molecule has 3 aromatic heterocycles. The molecule has 1 aliphatic rings. The molecule has 0 saturated heterocycles. The first-order chi connectivity index (χ1) is 15.9. The average Bonchev–Trinajstić information content (AvgIpc) is 3.62. The monoisotopic (exact) mass is 462 g/mol. The van der Waals surface area contributed by atoms with Crippen LogP contribution < -0.4 is 10.9 Å². The van der Waals surface area contributed by atoms with Crippen molar-refractivity contribution in [3.8, 4) is 11.6 Å². The molecule has 0 unspecified atom stereocenters. The summed E-state index contributed by atoms with van der Waals surface area (Å²) in [6.07, 6.45) is 3.67.